The number of rotatable bonds is 9. The first-order valence-electron chi connectivity index (χ1n) is 13.3. The fourth-order valence-electron chi connectivity index (χ4n) is 5.06. The number of carbonyl (C=O) groups excluding carboxylic acids is 1. The van der Waals surface area contributed by atoms with Crippen LogP contribution >= 0.6 is 8.25 Å². The van der Waals surface area contributed by atoms with E-state index in [1.54, 1.807) is 31.3 Å². The van der Waals surface area contributed by atoms with Gasteiger partial charge in [0.05, 0.1) is 30.7 Å². The van der Waals surface area contributed by atoms with Gasteiger partial charge in [-0.25, -0.2) is 4.98 Å². The third-order valence-corrected chi connectivity index (χ3v) is 7.70. The topological polar surface area (TPSA) is 132 Å². The van der Waals surface area contributed by atoms with Gasteiger partial charge in [-0.2, -0.15) is 18.2 Å². The van der Waals surface area contributed by atoms with E-state index in [0.29, 0.717) is 29.6 Å². The predicted octanol–water partition coefficient (Wildman–Crippen LogP) is 4.23. The zero-order chi connectivity index (χ0) is 30.9. The standard InChI is InChI=1S/C27H31F3N7O5P/c1-35-8-10-37(11-9-35)21-7-6-20(23-17(21)14-36(2)25(23)38)32-24-18(27(28,29)30)13-31-26(34-24)33-19-5-4-16(12-22(19)41-3)15-42-43(39)40/h4-7,12-13,43H,8-11,14-15H2,1-3H3,(H,39,40)(H2,31,32,33,34). The first-order chi connectivity index (χ1) is 20.4. The van der Waals surface area contributed by atoms with E-state index in [4.69, 9.17) is 14.2 Å². The van der Waals surface area contributed by atoms with Gasteiger partial charge in [0.25, 0.3) is 5.91 Å². The summed E-state index contributed by atoms with van der Waals surface area (Å²) in [5, 5.41) is 5.63. The maximum absolute atomic E-state index is 14.1. The lowest BCUT2D eigenvalue weighted by atomic mass is 10.0. The van der Waals surface area contributed by atoms with Crippen LogP contribution in [0.4, 0.5) is 42.0 Å². The van der Waals surface area contributed by atoms with Gasteiger partial charge in [0.15, 0.2) is 0 Å². The minimum absolute atomic E-state index is 0.137. The number of halogens is 3. The van der Waals surface area contributed by atoms with E-state index in [-0.39, 0.29) is 29.9 Å². The second-order valence-electron chi connectivity index (χ2n) is 10.2. The van der Waals surface area contributed by atoms with Gasteiger partial charge in [-0.1, -0.05) is 6.07 Å². The highest BCUT2D eigenvalue weighted by atomic mass is 31.1. The number of nitrogens with one attached hydrogen (secondary N) is 2. The van der Waals surface area contributed by atoms with Crippen molar-refractivity contribution >= 4 is 43.0 Å². The summed E-state index contributed by atoms with van der Waals surface area (Å²) in [5.41, 5.74) is 1.93. The third kappa shape index (κ3) is 6.69. The Morgan fingerprint density at radius 3 is 2.47 bits per heavy atom. The molecule has 2 aromatic carbocycles. The van der Waals surface area contributed by atoms with Crippen LogP contribution in [-0.2, 0) is 28.4 Å². The second kappa shape index (κ2) is 12.4. The van der Waals surface area contributed by atoms with Crippen molar-refractivity contribution in [2.24, 2.45) is 0 Å². The number of likely N-dealkylation sites (N-methyl/N-ethyl adjacent to an activating group) is 1. The van der Waals surface area contributed by atoms with Gasteiger partial charge in [-0.3, -0.25) is 9.36 Å². The van der Waals surface area contributed by atoms with Crippen LogP contribution in [-0.4, -0.2) is 78.0 Å². The number of hydrogen-bond donors (Lipinski definition) is 3. The average Bonchev–Trinajstić information content (AvgIpc) is 3.26. The number of piperazine rings is 1. The van der Waals surface area contributed by atoms with Crippen LogP contribution in [0.2, 0.25) is 0 Å². The molecule has 2 aliphatic rings. The summed E-state index contributed by atoms with van der Waals surface area (Å²) in [4.78, 5) is 36.1. The molecule has 16 heteroatoms. The number of aromatic nitrogens is 2. The van der Waals surface area contributed by atoms with E-state index in [1.165, 1.54) is 12.0 Å². The molecular weight excluding hydrogens is 590 g/mol. The van der Waals surface area contributed by atoms with Gasteiger partial charge in [-0.15, -0.1) is 0 Å². The van der Waals surface area contributed by atoms with Gasteiger partial charge >= 0.3 is 14.4 Å². The van der Waals surface area contributed by atoms with Crippen molar-refractivity contribution in [3.8, 4) is 5.75 Å². The van der Waals surface area contributed by atoms with Crippen LogP contribution in [0, 0.1) is 0 Å². The molecule has 0 bridgehead atoms. The number of fused-ring (bicyclic) bond motifs is 1. The minimum Gasteiger partial charge on any atom is -0.495 e. The third-order valence-electron chi connectivity index (χ3n) is 7.31. The Balaban J connectivity index is 1.48. The summed E-state index contributed by atoms with van der Waals surface area (Å²) in [7, 11) is 1.96. The van der Waals surface area contributed by atoms with Crippen molar-refractivity contribution in [3.63, 3.8) is 0 Å². The molecule has 1 amide bonds. The maximum atomic E-state index is 14.1. The largest absolute Gasteiger partial charge is 0.495 e. The van der Waals surface area contributed by atoms with Crippen LogP contribution in [0.1, 0.15) is 27.0 Å². The van der Waals surface area contributed by atoms with Gasteiger partial charge in [0.2, 0.25) is 5.95 Å². The molecule has 0 spiro atoms. The number of carbonyl (C=O) groups is 1. The molecule has 2 aliphatic heterocycles. The fourth-order valence-corrected chi connectivity index (χ4v) is 5.35. The number of alkyl halides is 3. The van der Waals surface area contributed by atoms with E-state index in [9.17, 15) is 22.5 Å². The fraction of sp³-hybridized carbons (Fsp3) is 0.370. The van der Waals surface area contributed by atoms with E-state index in [0.717, 1.165) is 37.4 Å². The number of hydrogen-bond acceptors (Lipinski definition) is 10. The molecule has 1 unspecified atom stereocenters. The number of anilines is 5. The van der Waals surface area contributed by atoms with Crippen LogP contribution in [0.3, 0.4) is 0 Å². The summed E-state index contributed by atoms with van der Waals surface area (Å²) in [5.74, 6) is -0.705. The van der Waals surface area contributed by atoms with E-state index >= 15 is 0 Å². The molecule has 0 radical (unpaired) electrons. The van der Waals surface area contributed by atoms with E-state index in [2.05, 4.69) is 30.4 Å². The molecule has 3 heterocycles. The lowest BCUT2D eigenvalue weighted by Gasteiger charge is -2.35. The van der Waals surface area contributed by atoms with E-state index < -0.39 is 25.8 Å². The van der Waals surface area contributed by atoms with Crippen molar-refractivity contribution in [2.75, 3.05) is 62.9 Å². The Hall–Kier alpha value is -3.91. The van der Waals surface area contributed by atoms with Crippen LogP contribution in [0.25, 0.3) is 0 Å². The first kappa shape index (κ1) is 30.5. The SMILES string of the molecule is COc1cc(CO[PH](=O)O)ccc1Nc1ncc(C(F)(F)F)c(Nc2ccc(N3CCN(C)CC3)c3c2C(=O)N(C)C3)n1. The molecule has 3 N–H and O–H groups in total. The van der Waals surface area contributed by atoms with Crippen LogP contribution in [0.15, 0.2) is 36.5 Å². The minimum atomic E-state index is -4.78. The van der Waals surface area contributed by atoms with Crippen molar-refractivity contribution in [1.82, 2.24) is 19.8 Å². The Morgan fingerprint density at radius 1 is 1.07 bits per heavy atom. The van der Waals surface area contributed by atoms with Gasteiger partial charge in [0.1, 0.15) is 17.1 Å². The van der Waals surface area contributed by atoms with Crippen molar-refractivity contribution in [2.45, 2.75) is 19.3 Å². The number of ether oxygens (including phenoxy) is 1. The summed E-state index contributed by atoms with van der Waals surface area (Å²) in [6.45, 7) is 3.45. The lowest BCUT2D eigenvalue weighted by molar-refractivity contribution is -0.137. The van der Waals surface area contributed by atoms with Crippen LogP contribution in [0.5, 0.6) is 5.75 Å². The van der Waals surface area contributed by atoms with Gasteiger partial charge in [-0.05, 0) is 36.9 Å². The zero-order valence-corrected chi connectivity index (χ0v) is 24.7. The lowest BCUT2D eigenvalue weighted by Crippen LogP contribution is -2.44. The number of nitrogens with zero attached hydrogens (tertiary/aromatic N) is 5. The summed E-state index contributed by atoms with van der Waals surface area (Å²) in [6, 6.07) is 8.13. The monoisotopic (exact) mass is 621 g/mol. The van der Waals surface area contributed by atoms with Crippen molar-refractivity contribution in [3.05, 3.63) is 58.8 Å². The van der Waals surface area contributed by atoms with E-state index in [1.807, 2.05) is 13.1 Å². The van der Waals surface area contributed by atoms with Gasteiger partial charge < -0.3 is 39.5 Å². The molecule has 0 aliphatic carbocycles. The molecule has 0 saturated carbocycles. The van der Waals surface area contributed by atoms with Crippen LogP contribution < -0.4 is 20.3 Å². The van der Waals surface area contributed by atoms with Gasteiger partial charge in [0, 0.05) is 57.2 Å². The first-order valence-corrected chi connectivity index (χ1v) is 14.6. The molecule has 1 fully saturated rings. The summed E-state index contributed by atoms with van der Waals surface area (Å²) in [6.07, 6.45) is -4.11. The highest BCUT2D eigenvalue weighted by molar-refractivity contribution is 7.32. The quantitative estimate of drug-likeness (QED) is 0.297. The molecule has 43 heavy (non-hydrogen) atoms. The molecule has 12 nitrogen and oxygen atoms in total. The highest BCUT2D eigenvalue weighted by Gasteiger charge is 2.37. The maximum Gasteiger partial charge on any atom is 0.421 e. The molecule has 1 aromatic heterocycles. The molecular formula is C27H31F3N7O5P. The molecule has 5 rings (SSSR count). The summed E-state index contributed by atoms with van der Waals surface area (Å²) < 4.78 is 63.2. The predicted molar refractivity (Wildman–Crippen MR) is 155 cm³/mol. The number of methoxy groups -OCH3 is 1. The molecule has 3 aromatic rings. The average molecular weight is 622 g/mol. The normalized spacial score (nSPS) is 16.3. The molecule has 1 saturated heterocycles. The Morgan fingerprint density at radius 2 is 1.79 bits per heavy atom. The number of benzene rings is 2. The Bertz CT molecular complexity index is 1550. The molecule has 1 atom stereocenters. The highest BCUT2D eigenvalue weighted by Crippen LogP contribution is 2.40. The Kier molecular flexibility index (Phi) is 8.79. The zero-order valence-electron chi connectivity index (χ0n) is 23.7. The smallest absolute Gasteiger partial charge is 0.421 e. The Labute approximate surface area is 246 Å². The summed E-state index contributed by atoms with van der Waals surface area (Å²) >= 11 is 0. The molecule has 230 valence electrons. The van der Waals surface area contributed by atoms with Crippen molar-refractivity contribution in [1.29, 1.82) is 0 Å². The van der Waals surface area contributed by atoms with Crippen molar-refractivity contribution < 1.29 is 36.7 Å². The second-order valence-corrected chi connectivity index (χ2v) is 11.1. The number of amides is 1.